The summed E-state index contributed by atoms with van der Waals surface area (Å²) in [4.78, 5) is 36.2. The van der Waals surface area contributed by atoms with Crippen LogP contribution in [0.4, 0.5) is 5.69 Å². The van der Waals surface area contributed by atoms with Crippen molar-refractivity contribution in [3.05, 3.63) is 28.8 Å². The quantitative estimate of drug-likeness (QED) is 0.798. The van der Waals surface area contributed by atoms with Gasteiger partial charge in [0.25, 0.3) is 0 Å². The molecule has 0 aromatic heterocycles. The summed E-state index contributed by atoms with van der Waals surface area (Å²) in [6, 6.07) is 4.94. The maximum absolute atomic E-state index is 12.2. The topological polar surface area (TPSA) is 54.5 Å². The molecule has 21 heavy (non-hydrogen) atoms. The van der Waals surface area contributed by atoms with Crippen molar-refractivity contribution in [3.8, 4) is 0 Å². The molecule has 4 nitrogen and oxygen atoms in total. The molecule has 1 fully saturated rings. The SMILES string of the molecule is CC(=O)SCC1CC(=O)N(c2cc(C(C)=O)ccc2Cl)C1. The van der Waals surface area contributed by atoms with Gasteiger partial charge in [0.2, 0.25) is 5.91 Å². The maximum atomic E-state index is 12.2. The summed E-state index contributed by atoms with van der Waals surface area (Å²) in [5, 5.41) is 0.505. The van der Waals surface area contributed by atoms with E-state index in [9.17, 15) is 14.4 Å². The molecule has 0 spiro atoms. The number of benzene rings is 1. The van der Waals surface area contributed by atoms with E-state index in [0.29, 0.717) is 35.0 Å². The third kappa shape index (κ3) is 3.86. The summed E-state index contributed by atoms with van der Waals surface area (Å²) in [5.74, 6) is 0.667. The summed E-state index contributed by atoms with van der Waals surface area (Å²) >= 11 is 7.39. The van der Waals surface area contributed by atoms with Gasteiger partial charge in [-0.1, -0.05) is 23.4 Å². The highest BCUT2D eigenvalue weighted by molar-refractivity contribution is 8.13. The van der Waals surface area contributed by atoms with Crippen LogP contribution in [0, 0.1) is 5.92 Å². The number of hydrogen-bond donors (Lipinski definition) is 0. The maximum Gasteiger partial charge on any atom is 0.227 e. The number of thioether (sulfide) groups is 1. The number of Topliss-reactive ketones (excluding diaryl/α,β-unsaturated/α-hetero) is 1. The Bertz CT molecular complexity index is 603. The van der Waals surface area contributed by atoms with Crippen LogP contribution in [0.3, 0.4) is 0 Å². The third-order valence-electron chi connectivity index (χ3n) is 3.37. The normalized spacial score (nSPS) is 18.1. The van der Waals surface area contributed by atoms with Gasteiger partial charge in [0.1, 0.15) is 0 Å². The standard InChI is InChI=1S/C15H16ClNO3S/c1-9(18)12-3-4-13(16)14(6-12)17-7-11(5-15(17)20)8-21-10(2)19/h3-4,6,11H,5,7-8H2,1-2H3. The van der Waals surface area contributed by atoms with E-state index in [2.05, 4.69) is 0 Å². The van der Waals surface area contributed by atoms with Crippen molar-refractivity contribution in [3.63, 3.8) is 0 Å². The van der Waals surface area contributed by atoms with Crippen LogP contribution in [0.25, 0.3) is 0 Å². The molecule has 0 N–H and O–H groups in total. The van der Waals surface area contributed by atoms with Crippen LogP contribution >= 0.6 is 23.4 Å². The molecule has 0 saturated carbocycles. The fourth-order valence-electron chi connectivity index (χ4n) is 2.30. The van der Waals surface area contributed by atoms with Crippen LogP contribution in [0.5, 0.6) is 0 Å². The van der Waals surface area contributed by atoms with Gasteiger partial charge in [0.05, 0.1) is 10.7 Å². The van der Waals surface area contributed by atoms with Gasteiger partial charge < -0.3 is 4.90 Å². The summed E-state index contributed by atoms with van der Waals surface area (Å²) in [6.45, 7) is 3.53. The van der Waals surface area contributed by atoms with Gasteiger partial charge in [-0.3, -0.25) is 14.4 Å². The van der Waals surface area contributed by atoms with Gasteiger partial charge in [-0.15, -0.1) is 0 Å². The number of ketones is 1. The second kappa shape index (κ2) is 6.62. The highest BCUT2D eigenvalue weighted by Crippen LogP contribution is 2.33. The Labute approximate surface area is 132 Å². The van der Waals surface area contributed by atoms with Crippen molar-refractivity contribution in [1.82, 2.24) is 0 Å². The molecule has 112 valence electrons. The molecule has 1 aliphatic rings. The first-order valence-electron chi connectivity index (χ1n) is 6.62. The van der Waals surface area contributed by atoms with Gasteiger partial charge in [-0.2, -0.15) is 0 Å². The van der Waals surface area contributed by atoms with Crippen LogP contribution in [-0.4, -0.2) is 29.1 Å². The molecule has 0 bridgehead atoms. The van der Waals surface area contributed by atoms with Gasteiger partial charge in [0.15, 0.2) is 10.9 Å². The van der Waals surface area contributed by atoms with E-state index in [1.54, 1.807) is 23.1 Å². The predicted octanol–water partition coefficient (Wildman–Crippen LogP) is 3.18. The number of carbonyl (C=O) groups excluding carboxylic acids is 3. The highest BCUT2D eigenvalue weighted by atomic mass is 35.5. The molecule has 1 aromatic carbocycles. The van der Waals surface area contributed by atoms with E-state index >= 15 is 0 Å². The zero-order valence-corrected chi connectivity index (χ0v) is 13.5. The molecule has 1 amide bonds. The van der Waals surface area contributed by atoms with Gasteiger partial charge in [-0.25, -0.2) is 0 Å². The Morgan fingerprint density at radius 3 is 2.71 bits per heavy atom. The first-order chi connectivity index (χ1) is 9.88. The Kier molecular flexibility index (Phi) is 5.06. The minimum Gasteiger partial charge on any atom is -0.311 e. The predicted molar refractivity (Wildman–Crippen MR) is 85.1 cm³/mol. The second-order valence-corrected chi connectivity index (χ2v) is 6.70. The van der Waals surface area contributed by atoms with Crippen molar-refractivity contribution in [1.29, 1.82) is 0 Å². The smallest absolute Gasteiger partial charge is 0.227 e. The van der Waals surface area contributed by atoms with E-state index in [1.807, 2.05) is 0 Å². The molecule has 6 heteroatoms. The molecule has 1 heterocycles. The van der Waals surface area contributed by atoms with Crippen LogP contribution in [0.2, 0.25) is 5.02 Å². The number of nitrogens with zero attached hydrogens (tertiary/aromatic N) is 1. The number of hydrogen-bond acceptors (Lipinski definition) is 4. The summed E-state index contributed by atoms with van der Waals surface area (Å²) in [5.41, 5.74) is 1.11. The molecular weight excluding hydrogens is 310 g/mol. The molecule has 1 aromatic rings. The van der Waals surface area contributed by atoms with E-state index in [0.717, 1.165) is 0 Å². The van der Waals surface area contributed by atoms with E-state index < -0.39 is 0 Å². The highest BCUT2D eigenvalue weighted by Gasteiger charge is 2.32. The summed E-state index contributed by atoms with van der Waals surface area (Å²) < 4.78 is 0. The van der Waals surface area contributed by atoms with Crippen LogP contribution < -0.4 is 4.90 Å². The summed E-state index contributed by atoms with van der Waals surface area (Å²) in [6.07, 6.45) is 0.404. The molecule has 2 rings (SSSR count). The van der Waals surface area contributed by atoms with Crippen LogP contribution in [0.15, 0.2) is 18.2 Å². The lowest BCUT2D eigenvalue weighted by Gasteiger charge is -2.19. The van der Waals surface area contributed by atoms with Crippen molar-refractivity contribution in [2.24, 2.45) is 5.92 Å². The molecular formula is C15H16ClNO3S. The largest absolute Gasteiger partial charge is 0.311 e. The molecule has 1 saturated heterocycles. The van der Waals surface area contributed by atoms with Crippen molar-refractivity contribution < 1.29 is 14.4 Å². The number of halogens is 1. The van der Waals surface area contributed by atoms with Crippen molar-refractivity contribution in [2.45, 2.75) is 20.3 Å². The number of amides is 1. The molecule has 0 aliphatic carbocycles. The molecule has 1 atom stereocenters. The first kappa shape index (κ1) is 16.0. The number of carbonyl (C=O) groups is 3. The minimum absolute atomic E-state index is 0.0215. The average molecular weight is 326 g/mol. The van der Waals surface area contributed by atoms with Crippen LogP contribution in [-0.2, 0) is 9.59 Å². The van der Waals surface area contributed by atoms with Gasteiger partial charge in [0, 0.05) is 31.2 Å². The lowest BCUT2D eigenvalue weighted by Crippen LogP contribution is -2.25. The van der Waals surface area contributed by atoms with E-state index in [-0.39, 0.29) is 22.7 Å². The minimum atomic E-state index is -0.0664. The van der Waals surface area contributed by atoms with Crippen molar-refractivity contribution in [2.75, 3.05) is 17.2 Å². The van der Waals surface area contributed by atoms with E-state index in [1.165, 1.54) is 25.6 Å². The third-order valence-corrected chi connectivity index (χ3v) is 4.74. The zero-order chi connectivity index (χ0) is 15.6. The van der Waals surface area contributed by atoms with E-state index in [4.69, 9.17) is 11.6 Å². The Morgan fingerprint density at radius 2 is 2.10 bits per heavy atom. The van der Waals surface area contributed by atoms with Crippen molar-refractivity contribution >= 4 is 45.9 Å². The number of rotatable bonds is 4. The van der Waals surface area contributed by atoms with Gasteiger partial charge in [-0.05, 0) is 31.0 Å². The number of anilines is 1. The Balaban J connectivity index is 2.18. The lowest BCUT2D eigenvalue weighted by atomic mass is 10.1. The average Bonchev–Trinajstić information content (AvgIpc) is 2.78. The summed E-state index contributed by atoms with van der Waals surface area (Å²) in [7, 11) is 0. The van der Waals surface area contributed by atoms with Crippen LogP contribution in [0.1, 0.15) is 30.6 Å². The zero-order valence-electron chi connectivity index (χ0n) is 11.9. The first-order valence-corrected chi connectivity index (χ1v) is 7.99. The fraction of sp³-hybridized carbons (Fsp3) is 0.400. The lowest BCUT2D eigenvalue weighted by molar-refractivity contribution is -0.117. The molecule has 0 radical (unpaired) electrons. The molecule has 1 aliphatic heterocycles. The Hall–Kier alpha value is -1.33. The Morgan fingerprint density at radius 1 is 1.38 bits per heavy atom. The van der Waals surface area contributed by atoms with Gasteiger partial charge >= 0.3 is 0 Å². The fourth-order valence-corrected chi connectivity index (χ4v) is 3.21. The monoisotopic (exact) mass is 325 g/mol. The second-order valence-electron chi connectivity index (χ2n) is 5.10. The molecule has 1 unspecified atom stereocenters.